The number of nitrogens with one attached hydrogen (secondary N) is 3. The summed E-state index contributed by atoms with van der Waals surface area (Å²) in [6.07, 6.45) is 4.54. The molecule has 3 N–H and O–H groups in total. The second-order valence-corrected chi connectivity index (χ2v) is 9.22. The minimum atomic E-state index is -3.22. The lowest BCUT2D eigenvalue weighted by atomic mass is 9.86. The molecule has 136 valence electrons. The number of guanidine groups is 1. The maximum absolute atomic E-state index is 12.0. The van der Waals surface area contributed by atoms with Crippen molar-refractivity contribution in [1.82, 2.24) is 15.4 Å². The molecule has 0 atom stereocenters. The van der Waals surface area contributed by atoms with Gasteiger partial charge in [-0.3, -0.25) is 4.99 Å². The van der Waals surface area contributed by atoms with Crippen molar-refractivity contribution in [2.24, 2.45) is 10.9 Å². The van der Waals surface area contributed by atoms with Gasteiger partial charge in [-0.25, -0.2) is 13.1 Å². The number of hydrogen-bond acceptors (Lipinski definition) is 4. The van der Waals surface area contributed by atoms with Crippen LogP contribution in [0, 0.1) is 5.92 Å². The summed E-state index contributed by atoms with van der Waals surface area (Å²) in [6.45, 7) is 3.75. The van der Waals surface area contributed by atoms with Gasteiger partial charge in [-0.15, -0.1) is 11.3 Å². The van der Waals surface area contributed by atoms with Gasteiger partial charge in [0.25, 0.3) is 0 Å². The van der Waals surface area contributed by atoms with Crippen LogP contribution in [0.1, 0.15) is 35.9 Å². The molecule has 0 spiro atoms. The van der Waals surface area contributed by atoms with Crippen LogP contribution in [-0.4, -0.2) is 40.3 Å². The van der Waals surface area contributed by atoms with Crippen LogP contribution < -0.4 is 15.4 Å². The highest BCUT2D eigenvalue weighted by Gasteiger charge is 2.20. The van der Waals surface area contributed by atoms with E-state index in [9.17, 15) is 8.42 Å². The predicted molar refractivity (Wildman–Crippen MR) is 101 cm³/mol. The Kier molecular flexibility index (Phi) is 7.51. The van der Waals surface area contributed by atoms with Gasteiger partial charge in [-0.05, 0) is 37.3 Å². The molecule has 0 bridgehead atoms. The Labute approximate surface area is 149 Å². The third-order valence-electron chi connectivity index (χ3n) is 4.20. The summed E-state index contributed by atoms with van der Waals surface area (Å²) >= 11 is 1.78. The number of thiophene rings is 1. The lowest BCUT2D eigenvalue weighted by Gasteiger charge is -2.25. The first-order valence-electron chi connectivity index (χ1n) is 8.52. The summed E-state index contributed by atoms with van der Waals surface area (Å²) in [5.41, 5.74) is 0. The van der Waals surface area contributed by atoms with Crippen molar-refractivity contribution in [3.05, 3.63) is 21.9 Å². The minimum absolute atomic E-state index is 0.0550. The van der Waals surface area contributed by atoms with Crippen molar-refractivity contribution in [3.8, 4) is 0 Å². The Morgan fingerprint density at radius 1 is 1.29 bits per heavy atom. The van der Waals surface area contributed by atoms with Crippen molar-refractivity contribution in [2.45, 2.75) is 39.2 Å². The van der Waals surface area contributed by atoms with E-state index in [-0.39, 0.29) is 5.75 Å². The number of sulfonamides is 1. The number of hydrogen-bond donors (Lipinski definition) is 3. The molecule has 0 radical (unpaired) electrons. The highest BCUT2D eigenvalue weighted by Crippen LogP contribution is 2.25. The molecule has 1 aliphatic rings. The van der Waals surface area contributed by atoms with Gasteiger partial charge in [0, 0.05) is 29.9 Å². The molecule has 1 aromatic rings. The highest BCUT2D eigenvalue weighted by atomic mass is 32.2. The molecule has 6 nitrogen and oxygen atoms in total. The summed E-state index contributed by atoms with van der Waals surface area (Å²) in [6, 6.07) is 4.25. The SMILES string of the molecule is CCc1ccc(CNC(=NC)NCCS(=O)(=O)NCC2CCC2)s1. The van der Waals surface area contributed by atoms with Gasteiger partial charge in [0.15, 0.2) is 5.96 Å². The van der Waals surface area contributed by atoms with Crippen LogP contribution in [-0.2, 0) is 23.0 Å². The summed E-state index contributed by atoms with van der Waals surface area (Å²) < 4.78 is 26.6. The van der Waals surface area contributed by atoms with Crippen LogP contribution in [0.3, 0.4) is 0 Å². The fourth-order valence-corrected chi connectivity index (χ4v) is 4.32. The van der Waals surface area contributed by atoms with Gasteiger partial charge in [0.2, 0.25) is 10.0 Å². The van der Waals surface area contributed by atoms with Crippen LogP contribution in [0.5, 0.6) is 0 Å². The molecule has 8 heteroatoms. The van der Waals surface area contributed by atoms with Gasteiger partial charge < -0.3 is 10.6 Å². The molecule has 1 saturated carbocycles. The molecule has 0 unspecified atom stereocenters. The van der Waals surface area contributed by atoms with Crippen molar-refractivity contribution in [1.29, 1.82) is 0 Å². The first kappa shape index (κ1) is 19.2. The average molecular weight is 373 g/mol. The zero-order valence-corrected chi connectivity index (χ0v) is 16.1. The molecule has 0 amide bonds. The molecule has 2 rings (SSSR count). The van der Waals surface area contributed by atoms with Crippen LogP contribution in [0.2, 0.25) is 0 Å². The molecule has 0 aromatic carbocycles. The molecule has 1 aliphatic carbocycles. The van der Waals surface area contributed by atoms with E-state index in [1.165, 1.54) is 16.2 Å². The quantitative estimate of drug-likeness (QED) is 0.455. The zero-order chi connectivity index (χ0) is 17.4. The van der Waals surface area contributed by atoms with Crippen LogP contribution in [0.4, 0.5) is 0 Å². The summed E-state index contributed by atoms with van der Waals surface area (Å²) in [4.78, 5) is 6.73. The van der Waals surface area contributed by atoms with Crippen LogP contribution >= 0.6 is 11.3 Å². The lowest BCUT2D eigenvalue weighted by Crippen LogP contribution is -2.41. The zero-order valence-electron chi connectivity index (χ0n) is 14.5. The monoisotopic (exact) mass is 372 g/mol. The topological polar surface area (TPSA) is 82.6 Å². The molecule has 0 saturated heterocycles. The second kappa shape index (κ2) is 9.39. The summed E-state index contributed by atoms with van der Waals surface area (Å²) in [5.74, 6) is 1.20. The van der Waals surface area contributed by atoms with E-state index in [1.54, 1.807) is 18.4 Å². The molecule has 1 fully saturated rings. The lowest BCUT2D eigenvalue weighted by molar-refractivity contribution is 0.316. The molecular formula is C16H28N4O2S2. The van der Waals surface area contributed by atoms with E-state index in [1.807, 2.05) is 0 Å². The third-order valence-corrected chi connectivity index (χ3v) is 6.78. The van der Waals surface area contributed by atoms with Crippen molar-refractivity contribution < 1.29 is 8.42 Å². The standard InChI is InChI=1S/C16H28N4O2S2/c1-3-14-7-8-15(23-14)12-19-16(17-2)18-9-10-24(21,22)20-11-13-5-4-6-13/h7-8,13,20H,3-6,9-12H2,1-2H3,(H2,17,18,19). The van der Waals surface area contributed by atoms with Crippen molar-refractivity contribution in [3.63, 3.8) is 0 Å². The third kappa shape index (κ3) is 6.41. The van der Waals surface area contributed by atoms with Gasteiger partial charge in [0.05, 0.1) is 12.3 Å². The number of aliphatic imine (C=N–C) groups is 1. The van der Waals surface area contributed by atoms with Crippen molar-refractivity contribution >= 4 is 27.3 Å². The predicted octanol–water partition coefficient (Wildman–Crippen LogP) is 1.69. The number of aryl methyl sites for hydroxylation is 1. The van der Waals surface area contributed by atoms with Gasteiger partial charge >= 0.3 is 0 Å². The van der Waals surface area contributed by atoms with E-state index in [4.69, 9.17) is 0 Å². The normalized spacial score (nSPS) is 16.0. The Morgan fingerprint density at radius 3 is 2.62 bits per heavy atom. The summed E-state index contributed by atoms with van der Waals surface area (Å²) in [7, 11) is -1.53. The Hall–Kier alpha value is -1.12. The first-order chi connectivity index (χ1) is 11.5. The Morgan fingerprint density at radius 2 is 2.04 bits per heavy atom. The average Bonchev–Trinajstić information content (AvgIpc) is 2.97. The summed E-state index contributed by atoms with van der Waals surface area (Å²) in [5, 5.41) is 6.27. The molecule has 1 aromatic heterocycles. The highest BCUT2D eigenvalue weighted by molar-refractivity contribution is 7.89. The fraction of sp³-hybridized carbons (Fsp3) is 0.688. The molecule has 24 heavy (non-hydrogen) atoms. The largest absolute Gasteiger partial charge is 0.355 e. The van der Waals surface area contributed by atoms with Crippen LogP contribution in [0.15, 0.2) is 17.1 Å². The van der Waals surface area contributed by atoms with Gasteiger partial charge in [-0.2, -0.15) is 0 Å². The first-order valence-corrected chi connectivity index (χ1v) is 11.0. The Balaban J connectivity index is 1.66. The van der Waals surface area contributed by atoms with E-state index in [0.717, 1.165) is 19.3 Å². The van der Waals surface area contributed by atoms with Crippen molar-refractivity contribution in [2.75, 3.05) is 25.9 Å². The maximum atomic E-state index is 12.0. The number of rotatable bonds is 9. The number of nitrogens with zero attached hydrogens (tertiary/aromatic N) is 1. The van der Waals surface area contributed by atoms with Gasteiger partial charge in [0.1, 0.15) is 0 Å². The van der Waals surface area contributed by atoms with Gasteiger partial charge in [-0.1, -0.05) is 13.3 Å². The molecular weight excluding hydrogens is 344 g/mol. The minimum Gasteiger partial charge on any atom is -0.355 e. The smallest absolute Gasteiger partial charge is 0.213 e. The van der Waals surface area contributed by atoms with E-state index < -0.39 is 10.0 Å². The molecule has 1 heterocycles. The fourth-order valence-electron chi connectivity index (χ4n) is 2.42. The molecule has 0 aliphatic heterocycles. The van der Waals surface area contributed by atoms with E-state index >= 15 is 0 Å². The Bertz CT molecular complexity index is 636. The second-order valence-electron chi connectivity index (χ2n) is 6.04. The maximum Gasteiger partial charge on any atom is 0.213 e. The van der Waals surface area contributed by atoms with Crippen LogP contribution in [0.25, 0.3) is 0 Å². The van der Waals surface area contributed by atoms with E-state index in [0.29, 0.717) is 31.5 Å². The van der Waals surface area contributed by atoms with E-state index in [2.05, 4.69) is 39.4 Å².